The van der Waals surface area contributed by atoms with Crippen LogP contribution in [0.15, 0.2) is 30.5 Å². The second kappa shape index (κ2) is 15.6. The Kier molecular flexibility index (Phi) is 12.9. The summed E-state index contributed by atoms with van der Waals surface area (Å²) in [7, 11) is 0. The van der Waals surface area contributed by atoms with E-state index in [-0.39, 0.29) is 19.3 Å². The van der Waals surface area contributed by atoms with E-state index < -0.39 is 54.0 Å². The van der Waals surface area contributed by atoms with Crippen molar-refractivity contribution in [2.75, 3.05) is 24.0 Å². The molecule has 1 aromatic carbocycles. The van der Waals surface area contributed by atoms with E-state index in [1.165, 1.54) is 30.4 Å². The van der Waals surface area contributed by atoms with Crippen LogP contribution in [0.25, 0.3) is 10.9 Å². The van der Waals surface area contributed by atoms with Gasteiger partial charge in [0.25, 0.3) is 0 Å². The molecule has 2 aromatic rings. The number of hydrogen-bond acceptors (Lipinski definition) is 8. The smallest absolute Gasteiger partial charge is 0.326 e. The van der Waals surface area contributed by atoms with E-state index in [4.69, 9.17) is 5.73 Å². The van der Waals surface area contributed by atoms with Crippen molar-refractivity contribution in [3.05, 3.63) is 36.0 Å². The fourth-order valence-corrected chi connectivity index (χ4v) is 4.70. The third-order valence-electron chi connectivity index (χ3n) is 6.02. The Morgan fingerprint density at radius 3 is 1.97 bits per heavy atom. The summed E-state index contributed by atoms with van der Waals surface area (Å²) < 4.78 is 0. The number of carboxylic acid groups (broad SMARTS) is 1. The lowest BCUT2D eigenvalue weighted by Gasteiger charge is -2.25. The number of aliphatic carboxylic acids is 1. The van der Waals surface area contributed by atoms with Crippen LogP contribution in [0.2, 0.25) is 0 Å². The Bertz CT molecular complexity index is 1100. The largest absolute Gasteiger partial charge is 0.480 e. The van der Waals surface area contributed by atoms with E-state index >= 15 is 0 Å². The van der Waals surface area contributed by atoms with Crippen molar-refractivity contribution in [3.8, 4) is 0 Å². The predicted octanol–water partition coefficient (Wildman–Crippen LogP) is 0.464. The Morgan fingerprint density at radius 2 is 1.45 bits per heavy atom. The molecule has 0 radical (unpaired) electrons. The molecule has 2 rings (SSSR count). The summed E-state index contributed by atoms with van der Waals surface area (Å²) >= 11 is 2.96. The first-order chi connectivity index (χ1) is 18.1. The lowest BCUT2D eigenvalue weighted by molar-refractivity contribution is -0.142. The average Bonchev–Trinajstić information content (AvgIpc) is 3.30. The zero-order valence-electron chi connectivity index (χ0n) is 21.7. The molecule has 0 saturated heterocycles. The molecule has 38 heavy (non-hydrogen) atoms. The number of carboxylic acids is 1. The number of nitrogens with one attached hydrogen (secondary N) is 4. The van der Waals surface area contributed by atoms with Gasteiger partial charge in [0.1, 0.15) is 24.2 Å². The molecule has 1 aromatic heterocycles. The van der Waals surface area contributed by atoms with E-state index in [2.05, 4.69) is 20.9 Å². The summed E-state index contributed by atoms with van der Waals surface area (Å²) in [5, 5.41) is 28.1. The number of rotatable bonds is 16. The number of aliphatic hydroxyl groups excluding tert-OH is 1. The number of para-hydroxylation sites is 1. The van der Waals surface area contributed by atoms with Crippen LogP contribution in [0.1, 0.15) is 25.3 Å². The second-order valence-electron chi connectivity index (χ2n) is 8.91. The lowest BCUT2D eigenvalue weighted by atomic mass is 10.0. The number of nitrogens with two attached hydrogens (primary N) is 1. The minimum absolute atomic E-state index is 0.0535. The lowest BCUT2D eigenvalue weighted by Crippen LogP contribution is -2.58. The molecule has 0 aliphatic heterocycles. The highest BCUT2D eigenvalue weighted by Gasteiger charge is 2.31. The number of carbonyl (C=O) groups is 4. The van der Waals surface area contributed by atoms with Gasteiger partial charge >= 0.3 is 5.97 Å². The Morgan fingerprint density at radius 1 is 0.921 bits per heavy atom. The summed E-state index contributed by atoms with van der Waals surface area (Å²) in [5.41, 5.74) is 7.30. The third-order valence-corrected chi connectivity index (χ3v) is 7.31. The van der Waals surface area contributed by atoms with Crippen molar-refractivity contribution in [2.45, 2.75) is 56.5 Å². The van der Waals surface area contributed by atoms with Crippen molar-refractivity contribution >= 4 is 58.1 Å². The molecule has 0 spiro atoms. The number of aromatic nitrogens is 1. The molecule has 0 saturated carbocycles. The molecular weight excluding hydrogens is 530 g/mol. The van der Waals surface area contributed by atoms with E-state index in [0.29, 0.717) is 11.5 Å². The molecule has 0 aliphatic carbocycles. The standard InChI is InChI=1S/C25H37N5O6S2/c1-14(31)21(26)24(34)29-19(9-11-38-3)22(32)28-18(8-10-37-2)23(33)30-20(25(35)36)12-15-13-27-17-7-5-4-6-16(15)17/h4-7,13-14,18-21,27,31H,8-12,26H2,1-3H3,(H,28,32)(H,29,34)(H,30,33)(H,35,36). The van der Waals surface area contributed by atoms with Gasteiger partial charge in [-0.3, -0.25) is 14.4 Å². The van der Waals surface area contributed by atoms with Crippen LogP contribution in [0.3, 0.4) is 0 Å². The molecule has 13 heteroatoms. The maximum Gasteiger partial charge on any atom is 0.326 e. The molecule has 5 atom stereocenters. The Hall–Kier alpha value is -2.74. The summed E-state index contributed by atoms with van der Waals surface area (Å²) in [6.45, 7) is 1.37. The molecular formula is C25H37N5O6S2. The van der Waals surface area contributed by atoms with Gasteiger partial charge in [-0.2, -0.15) is 23.5 Å². The van der Waals surface area contributed by atoms with Crippen molar-refractivity contribution in [3.63, 3.8) is 0 Å². The van der Waals surface area contributed by atoms with Gasteiger partial charge in [0.05, 0.1) is 6.10 Å². The van der Waals surface area contributed by atoms with Gasteiger partial charge in [-0.15, -0.1) is 0 Å². The number of hydrogen-bond donors (Lipinski definition) is 7. The van der Waals surface area contributed by atoms with Crippen LogP contribution in [0.4, 0.5) is 0 Å². The van der Waals surface area contributed by atoms with Gasteiger partial charge in [-0.05, 0) is 55.4 Å². The highest BCUT2D eigenvalue weighted by Crippen LogP contribution is 2.19. The van der Waals surface area contributed by atoms with E-state index in [1.54, 1.807) is 6.20 Å². The van der Waals surface area contributed by atoms with Gasteiger partial charge < -0.3 is 36.9 Å². The van der Waals surface area contributed by atoms with Crippen molar-refractivity contribution < 1.29 is 29.4 Å². The second-order valence-corrected chi connectivity index (χ2v) is 10.9. The van der Waals surface area contributed by atoms with Crippen molar-refractivity contribution in [1.82, 2.24) is 20.9 Å². The number of H-pyrrole nitrogens is 1. The maximum atomic E-state index is 13.2. The van der Waals surface area contributed by atoms with Crippen LogP contribution in [0, 0.1) is 0 Å². The van der Waals surface area contributed by atoms with Crippen molar-refractivity contribution in [1.29, 1.82) is 0 Å². The summed E-state index contributed by atoms with van der Waals surface area (Å²) in [4.78, 5) is 53.8. The van der Waals surface area contributed by atoms with Gasteiger partial charge in [-0.1, -0.05) is 18.2 Å². The van der Waals surface area contributed by atoms with Crippen LogP contribution >= 0.6 is 23.5 Å². The molecule has 0 bridgehead atoms. The zero-order valence-corrected chi connectivity index (χ0v) is 23.4. The molecule has 5 unspecified atom stereocenters. The molecule has 1 heterocycles. The summed E-state index contributed by atoms with van der Waals surface area (Å²) in [6.07, 6.45) is 4.91. The summed E-state index contributed by atoms with van der Waals surface area (Å²) in [6, 6.07) is 3.04. The number of aromatic amines is 1. The normalized spacial score (nSPS) is 15.2. The van der Waals surface area contributed by atoms with Crippen LogP contribution < -0.4 is 21.7 Å². The topological polar surface area (TPSA) is 187 Å². The van der Waals surface area contributed by atoms with Gasteiger partial charge in [-0.25, -0.2) is 4.79 Å². The van der Waals surface area contributed by atoms with Crippen LogP contribution in [-0.2, 0) is 25.6 Å². The number of aliphatic hydroxyl groups is 1. The van der Waals surface area contributed by atoms with E-state index in [1.807, 2.05) is 36.8 Å². The van der Waals surface area contributed by atoms with Gasteiger partial charge in [0, 0.05) is 23.5 Å². The SMILES string of the molecule is CSCCC(NC(=O)C(CCSC)NC(=O)C(N)C(C)O)C(=O)NC(Cc1c[nH]c2ccccc12)C(=O)O. The van der Waals surface area contributed by atoms with Gasteiger partial charge in [0.15, 0.2) is 0 Å². The number of thioether (sulfide) groups is 2. The molecule has 0 fully saturated rings. The van der Waals surface area contributed by atoms with Gasteiger partial charge in [0.2, 0.25) is 17.7 Å². The third kappa shape index (κ3) is 9.22. The molecule has 11 nitrogen and oxygen atoms in total. The highest BCUT2D eigenvalue weighted by atomic mass is 32.2. The first-order valence-corrected chi connectivity index (χ1v) is 15.0. The first kappa shape index (κ1) is 31.5. The minimum Gasteiger partial charge on any atom is -0.480 e. The van der Waals surface area contributed by atoms with Crippen molar-refractivity contribution in [2.24, 2.45) is 5.73 Å². The maximum absolute atomic E-state index is 13.2. The highest BCUT2D eigenvalue weighted by molar-refractivity contribution is 7.98. The fourth-order valence-electron chi connectivity index (χ4n) is 3.76. The van der Waals surface area contributed by atoms with Crippen LogP contribution in [0.5, 0.6) is 0 Å². The fraction of sp³-hybridized carbons (Fsp3) is 0.520. The van der Waals surface area contributed by atoms with E-state index in [9.17, 15) is 29.4 Å². The Labute approximate surface area is 230 Å². The monoisotopic (exact) mass is 567 g/mol. The van der Waals surface area contributed by atoms with E-state index in [0.717, 1.165) is 16.5 Å². The number of carbonyl (C=O) groups excluding carboxylic acids is 3. The number of benzene rings is 1. The Balaban J connectivity index is 2.16. The number of fused-ring (bicyclic) bond motifs is 1. The zero-order chi connectivity index (χ0) is 28.2. The average molecular weight is 568 g/mol. The van der Waals surface area contributed by atoms with Crippen LogP contribution in [-0.4, -0.2) is 93.2 Å². The minimum atomic E-state index is -1.22. The molecule has 3 amide bonds. The quantitative estimate of drug-likeness (QED) is 0.151. The molecule has 0 aliphatic rings. The number of amides is 3. The molecule has 8 N–H and O–H groups in total. The summed E-state index contributed by atoms with van der Waals surface area (Å²) in [5.74, 6) is -2.01. The first-order valence-electron chi connectivity index (χ1n) is 12.2. The predicted molar refractivity (Wildman–Crippen MR) is 151 cm³/mol. The molecule has 210 valence electrons.